The summed E-state index contributed by atoms with van der Waals surface area (Å²) < 4.78 is 0. The van der Waals surface area contributed by atoms with Crippen molar-refractivity contribution in [3.63, 3.8) is 0 Å². The van der Waals surface area contributed by atoms with Crippen molar-refractivity contribution >= 4 is 19.1 Å². The van der Waals surface area contributed by atoms with Gasteiger partial charge in [0, 0.05) is 6.04 Å². The van der Waals surface area contributed by atoms with E-state index in [4.69, 9.17) is 0 Å². The second-order valence-corrected chi connectivity index (χ2v) is 10.4. The van der Waals surface area contributed by atoms with Gasteiger partial charge in [0.2, 0.25) is 0 Å². The number of nitrogens with one attached hydrogen (secondary N) is 1. The predicted molar refractivity (Wildman–Crippen MR) is 63.1 cm³/mol. The van der Waals surface area contributed by atoms with Crippen LogP contribution >= 0.6 is 0 Å². The van der Waals surface area contributed by atoms with Crippen LogP contribution in [-0.2, 0) is 6.04 Å². The van der Waals surface area contributed by atoms with Crippen LogP contribution in [-0.4, -0.2) is 18.0 Å². The highest BCUT2D eigenvalue weighted by molar-refractivity contribution is 6.75. The minimum Gasteiger partial charge on any atom is -0.342 e. The lowest BCUT2D eigenvalue weighted by atomic mass is 10.3. The van der Waals surface area contributed by atoms with Crippen molar-refractivity contribution in [1.82, 2.24) is 9.97 Å². The topological polar surface area (TPSA) is 28.7 Å². The van der Waals surface area contributed by atoms with Gasteiger partial charge in [-0.3, -0.25) is 0 Å². The number of benzene rings is 1. The second kappa shape index (κ2) is 3.24. The largest absolute Gasteiger partial charge is 0.342 e. The van der Waals surface area contributed by atoms with Gasteiger partial charge in [-0.25, -0.2) is 4.98 Å². The molecular weight excluding hydrogens is 188 g/mol. The third kappa shape index (κ3) is 2.04. The molecule has 1 N–H and O–H groups in total. The van der Waals surface area contributed by atoms with Gasteiger partial charge in [0.15, 0.2) is 0 Å². The Morgan fingerprint density at radius 2 is 1.93 bits per heavy atom. The number of imidazole rings is 1. The van der Waals surface area contributed by atoms with E-state index in [0.717, 1.165) is 22.9 Å². The molecule has 0 aliphatic rings. The lowest BCUT2D eigenvalue weighted by molar-refractivity contribution is 1.10. The van der Waals surface area contributed by atoms with Crippen LogP contribution < -0.4 is 0 Å². The van der Waals surface area contributed by atoms with Crippen LogP contribution in [0.2, 0.25) is 19.6 Å². The lowest BCUT2D eigenvalue weighted by Crippen LogP contribution is -2.24. The van der Waals surface area contributed by atoms with Crippen LogP contribution in [0.5, 0.6) is 0 Å². The first-order valence-electron chi connectivity index (χ1n) is 4.98. The van der Waals surface area contributed by atoms with E-state index in [1.807, 2.05) is 12.1 Å². The Labute approximate surface area is 85.4 Å². The van der Waals surface area contributed by atoms with Gasteiger partial charge in [-0.2, -0.15) is 0 Å². The van der Waals surface area contributed by atoms with E-state index in [2.05, 4.69) is 41.7 Å². The first-order chi connectivity index (χ1) is 6.54. The maximum Gasteiger partial charge on any atom is 0.104 e. The zero-order valence-electron chi connectivity index (χ0n) is 8.96. The average Bonchev–Trinajstić information content (AvgIpc) is 2.42. The van der Waals surface area contributed by atoms with E-state index >= 15 is 0 Å². The molecule has 0 aliphatic heterocycles. The van der Waals surface area contributed by atoms with Crippen molar-refractivity contribution in [2.75, 3.05) is 0 Å². The summed E-state index contributed by atoms with van der Waals surface area (Å²) >= 11 is 0. The van der Waals surface area contributed by atoms with Gasteiger partial charge < -0.3 is 4.98 Å². The van der Waals surface area contributed by atoms with Crippen LogP contribution in [0, 0.1) is 0 Å². The van der Waals surface area contributed by atoms with Crippen LogP contribution in [0.15, 0.2) is 24.3 Å². The van der Waals surface area contributed by atoms with E-state index in [0.29, 0.717) is 0 Å². The molecule has 1 heterocycles. The Kier molecular flexibility index (Phi) is 2.19. The van der Waals surface area contributed by atoms with Gasteiger partial charge in [0.1, 0.15) is 5.82 Å². The van der Waals surface area contributed by atoms with Crippen LogP contribution in [0.1, 0.15) is 5.82 Å². The SMILES string of the molecule is C[Si](C)(C)Cc1nc2ccccc2[nH]1. The van der Waals surface area contributed by atoms with E-state index in [1.54, 1.807) is 0 Å². The summed E-state index contributed by atoms with van der Waals surface area (Å²) in [7, 11) is -1.05. The van der Waals surface area contributed by atoms with E-state index in [-0.39, 0.29) is 0 Å². The molecule has 2 aromatic rings. The number of aromatic nitrogens is 2. The molecule has 0 unspecified atom stereocenters. The van der Waals surface area contributed by atoms with Crippen LogP contribution in [0.25, 0.3) is 11.0 Å². The number of rotatable bonds is 2. The van der Waals surface area contributed by atoms with E-state index in [1.165, 1.54) is 0 Å². The van der Waals surface area contributed by atoms with Crippen molar-refractivity contribution in [3.8, 4) is 0 Å². The zero-order chi connectivity index (χ0) is 10.2. The molecule has 0 atom stereocenters. The van der Waals surface area contributed by atoms with Gasteiger partial charge in [-0.05, 0) is 12.1 Å². The fourth-order valence-corrected chi connectivity index (χ4v) is 2.76. The molecule has 0 fully saturated rings. The summed E-state index contributed by atoms with van der Waals surface area (Å²) in [5, 5.41) is 0. The number of H-pyrrole nitrogens is 1. The zero-order valence-corrected chi connectivity index (χ0v) is 9.96. The van der Waals surface area contributed by atoms with E-state index < -0.39 is 8.07 Å². The Morgan fingerprint density at radius 3 is 2.57 bits per heavy atom. The Balaban J connectivity index is 2.36. The first-order valence-corrected chi connectivity index (χ1v) is 8.69. The quantitative estimate of drug-likeness (QED) is 0.749. The molecule has 0 aliphatic carbocycles. The number of hydrogen-bond donors (Lipinski definition) is 1. The van der Waals surface area contributed by atoms with Crippen LogP contribution in [0.3, 0.4) is 0 Å². The highest BCUT2D eigenvalue weighted by atomic mass is 28.3. The van der Waals surface area contributed by atoms with Gasteiger partial charge in [0.05, 0.1) is 19.1 Å². The fourth-order valence-electron chi connectivity index (χ4n) is 1.59. The Morgan fingerprint density at radius 1 is 1.21 bits per heavy atom. The summed E-state index contributed by atoms with van der Waals surface area (Å²) in [6, 6.07) is 9.33. The number of hydrogen-bond acceptors (Lipinski definition) is 1. The summed E-state index contributed by atoms with van der Waals surface area (Å²) in [6.45, 7) is 7.08. The van der Waals surface area contributed by atoms with E-state index in [9.17, 15) is 0 Å². The molecule has 0 saturated heterocycles. The summed E-state index contributed by atoms with van der Waals surface area (Å²) in [5.74, 6) is 1.14. The molecule has 2 rings (SSSR count). The molecule has 0 spiro atoms. The lowest BCUT2D eigenvalue weighted by Gasteiger charge is -2.12. The number of nitrogens with zero attached hydrogens (tertiary/aromatic N) is 1. The smallest absolute Gasteiger partial charge is 0.104 e. The first kappa shape index (κ1) is 9.46. The third-order valence-corrected chi connectivity index (χ3v) is 3.53. The predicted octanol–water partition coefficient (Wildman–Crippen LogP) is 2.98. The second-order valence-electron chi connectivity index (χ2n) is 4.94. The maximum absolute atomic E-state index is 4.58. The van der Waals surface area contributed by atoms with Crippen molar-refractivity contribution in [1.29, 1.82) is 0 Å². The Hall–Kier alpha value is -1.09. The van der Waals surface area contributed by atoms with Crippen LogP contribution in [0.4, 0.5) is 0 Å². The fraction of sp³-hybridized carbons (Fsp3) is 0.364. The monoisotopic (exact) mass is 204 g/mol. The molecule has 0 amide bonds. The Bertz CT molecular complexity index is 407. The molecule has 1 aromatic heterocycles. The van der Waals surface area contributed by atoms with Crippen molar-refractivity contribution < 1.29 is 0 Å². The summed E-state index contributed by atoms with van der Waals surface area (Å²) in [5.41, 5.74) is 2.24. The number of aromatic amines is 1. The molecule has 3 heteroatoms. The van der Waals surface area contributed by atoms with Crippen molar-refractivity contribution in [3.05, 3.63) is 30.1 Å². The van der Waals surface area contributed by atoms with Gasteiger partial charge in [-0.1, -0.05) is 31.8 Å². The highest BCUT2D eigenvalue weighted by Gasteiger charge is 2.16. The average molecular weight is 204 g/mol. The molecule has 74 valence electrons. The molecule has 0 saturated carbocycles. The standard InChI is InChI=1S/C11H16N2Si/c1-14(2,3)8-11-12-9-6-4-5-7-10(9)13-11/h4-7H,8H2,1-3H3,(H,12,13). The normalized spacial score (nSPS) is 12.2. The minimum absolute atomic E-state index is 1.05. The number of fused-ring (bicyclic) bond motifs is 1. The third-order valence-electron chi connectivity index (χ3n) is 2.14. The highest BCUT2D eigenvalue weighted by Crippen LogP contribution is 2.14. The molecule has 1 aromatic carbocycles. The summed E-state index contributed by atoms with van der Waals surface area (Å²) in [4.78, 5) is 7.95. The maximum atomic E-state index is 4.58. The molecule has 14 heavy (non-hydrogen) atoms. The molecule has 0 radical (unpaired) electrons. The molecule has 0 bridgehead atoms. The van der Waals surface area contributed by atoms with Crippen molar-refractivity contribution in [2.45, 2.75) is 25.7 Å². The van der Waals surface area contributed by atoms with Gasteiger partial charge >= 0.3 is 0 Å². The van der Waals surface area contributed by atoms with Gasteiger partial charge in [0.25, 0.3) is 0 Å². The van der Waals surface area contributed by atoms with Crippen molar-refractivity contribution in [2.24, 2.45) is 0 Å². The molecular formula is C11H16N2Si. The molecule has 2 nitrogen and oxygen atoms in total. The number of para-hydroxylation sites is 2. The minimum atomic E-state index is -1.05. The van der Waals surface area contributed by atoms with Gasteiger partial charge in [-0.15, -0.1) is 0 Å². The summed E-state index contributed by atoms with van der Waals surface area (Å²) in [6.07, 6.45) is 0.